The van der Waals surface area contributed by atoms with Gasteiger partial charge in [0, 0.05) is 13.2 Å². The third-order valence-electron chi connectivity index (χ3n) is 2.16. The van der Waals surface area contributed by atoms with E-state index in [1.165, 1.54) is 19.3 Å². The van der Waals surface area contributed by atoms with E-state index in [2.05, 4.69) is 10.7 Å². The number of ether oxygens (including phenoxy) is 1. The lowest BCUT2D eigenvalue weighted by molar-refractivity contribution is 0.0122. The molecule has 0 saturated carbocycles. The van der Waals surface area contributed by atoms with Crippen LogP contribution in [0.15, 0.2) is 0 Å². The highest BCUT2D eigenvalue weighted by atomic mass is 32.1. The van der Waals surface area contributed by atoms with Gasteiger partial charge < -0.3 is 15.5 Å². The Bertz CT molecular complexity index is 159. The van der Waals surface area contributed by atoms with Gasteiger partial charge in [-0.05, 0) is 37.9 Å². The van der Waals surface area contributed by atoms with Crippen LogP contribution in [-0.2, 0) is 4.74 Å². The summed E-state index contributed by atoms with van der Waals surface area (Å²) in [6.45, 7) is 1.73. The van der Waals surface area contributed by atoms with E-state index in [1.54, 1.807) is 0 Å². The fraction of sp³-hybridized carbons (Fsp3) is 0.875. The van der Waals surface area contributed by atoms with Crippen LogP contribution < -0.4 is 16.6 Å². The molecule has 0 aromatic heterocycles. The molecule has 0 aromatic rings. The summed E-state index contributed by atoms with van der Waals surface area (Å²) in [5.74, 6) is 5.11. The molecule has 13 heavy (non-hydrogen) atoms. The molecule has 0 spiro atoms. The monoisotopic (exact) mass is 203 g/mol. The third-order valence-corrected chi connectivity index (χ3v) is 2.42. The summed E-state index contributed by atoms with van der Waals surface area (Å²) in [6.07, 6.45) is 5.06. The molecule has 4 nitrogen and oxygen atoms in total. The van der Waals surface area contributed by atoms with Gasteiger partial charge in [-0.15, -0.1) is 0 Å². The first-order valence-electron chi connectivity index (χ1n) is 4.69. The van der Waals surface area contributed by atoms with Crippen LogP contribution >= 0.6 is 12.2 Å². The fourth-order valence-electron chi connectivity index (χ4n) is 1.43. The van der Waals surface area contributed by atoms with Crippen LogP contribution in [0.1, 0.15) is 25.7 Å². The lowest BCUT2D eigenvalue weighted by Gasteiger charge is -2.22. The normalized spacial score (nSPS) is 22.4. The van der Waals surface area contributed by atoms with E-state index < -0.39 is 0 Å². The topological polar surface area (TPSA) is 59.3 Å². The number of thiocarbonyl (C=S) groups is 1. The summed E-state index contributed by atoms with van der Waals surface area (Å²) >= 11 is 4.83. The predicted octanol–water partition coefficient (Wildman–Crippen LogP) is 0.283. The van der Waals surface area contributed by atoms with Crippen LogP contribution in [-0.4, -0.2) is 24.4 Å². The van der Waals surface area contributed by atoms with Crippen LogP contribution in [0.2, 0.25) is 0 Å². The molecule has 0 radical (unpaired) electrons. The minimum Gasteiger partial charge on any atom is -0.378 e. The SMILES string of the molecule is NNC(=S)NCCC1CCCCO1. The third kappa shape index (κ3) is 4.40. The quantitative estimate of drug-likeness (QED) is 0.349. The highest BCUT2D eigenvalue weighted by Crippen LogP contribution is 2.14. The van der Waals surface area contributed by atoms with Crippen molar-refractivity contribution in [2.45, 2.75) is 31.8 Å². The van der Waals surface area contributed by atoms with E-state index in [4.69, 9.17) is 22.8 Å². The van der Waals surface area contributed by atoms with Crippen LogP contribution in [0.5, 0.6) is 0 Å². The number of hydrogen-bond donors (Lipinski definition) is 3. The van der Waals surface area contributed by atoms with Crippen LogP contribution in [0, 0.1) is 0 Å². The Morgan fingerprint density at radius 1 is 1.54 bits per heavy atom. The molecule has 1 rings (SSSR count). The molecular weight excluding hydrogens is 186 g/mol. The van der Waals surface area contributed by atoms with E-state index in [0.717, 1.165) is 19.6 Å². The summed E-state index contributed by atoms with van der Waals surface area (Å²) in [5, 5.41) is 3.49. The van der Waals surface area contributed by atoms with Gasteiger partial charge in [-0.25, -0.2) is 5.84 Å². The van der Waals surface area contributed by atoms with Gasteiger partial charge in [-0.2, -0.15) is 0 Å². The molecule has 1 fully saturated rings. The number of rotatable bonds is 3. The molecule has 1 aliphatic heterocycles. The van der Waals surface area contributed by atoms with Crippen molar-refractivity contribution in [3.05, 3.63) is 0 Å². The highest BCUT2D eigenvalue weighted by Gasteiger charge is 2.12. The molecule has 0 aromatic carbocycles. The molecule has 1 saturated heterocycles. The number of hydrogen-bond acceptors (Lipinski definition) is 3. The molecule has 1 unspecified atom stereocenters. The number of nitrogens with two attached hydrogens (primary N) is 1. The van der Waals surface area contributed by atoms with Crippen LogP contribution in [0.3, 0.4) is 0 Å². The first-order chi connectivity index (χ1) is 6.33. The van der Waals surface area contributed by atoms with Gasteiger partial charge in [-0.1, -0.05) is 0 Å². The van der Waals surface area contributed by atoms with Crippen molar-refractivity contribution in [2.75, 3.05) is 13.2 Å². The van der Waals surface area contributed by atoms with Gasteiger partial charge in [0.15, 0.2) is 5.11 Å². The Kier molecular flexibility index (Phi) is 5.03. The van der Waals surface area contributed by atoms with E-state index >= 15 is 0 Å². The molecule has 5 heteroatoms. The van der Waals surface area contributed by atoms with Crippen molar-refractivity contribution in [3.63, 3.8) is 0 Å². The standard InChI is InChI=1S/C8H17N3OS/c9-11-8(13)10-5-4-7-3-1-2-6-12-7/h7H,1-6,9H2,(H2,10,11,13). The summed E-state index contributed by atoms with van der Waals surface area (Å²) in [4.78, 5) is 0. The molecule has 1 heterocycles. The Hall–Kier alpha value is -0.390. The summed E-state index contributed by atoms with van der Waals surface area (Å²) in [6, 6.07) is 0. The largest absolute Gasteiger partial charge is 0.378 e. The van der Waals surface area contributed by atoms with E-state index in [0.29, 0.717) is 11.2 Å². The van der Waals surface area contributed by atoms with E-state index in [9.17, 15) is 0 Å². The second-order valence-corrected chi connectivity index (χ2v) is 3.59. The van der Waals surface area contributed by atoms with Crippen molar-refractivity contribution in [1.29, 1.82) is 0 Å². The average Bonchev–Trinajstić information content (AvgIpc) is 2.19. The van der Waals surface area contributed by atoms with Crippen molar-refractivity contribution >= 4 is 17.3 Å². The zero-order valence-corrected chi connectivity index (χ0v) is 8.53. The molecule has 0 amide bonds. The number of hydrazine groups is 1. The maximum Gasteiger partial charge on any atom is 0.180 e. The van der Waals surface area contributed by atoms with Gasteiger partial charge >= 0.3 is 0 Å². The molecular formula is C8H17N3OS. The molecule has 4 N–H and O–H groups in total. The first kappa shape index (κ1) is 10.7. The highest BCUT2D eigenvalue weighted by molar-refractivity contribution is 7.80. The fourth-order valence-corrected chi connectivity index (χ4v) is 1.53. The minimum absolute atomic E-state index is 0.404. The van der Waals surface area contributed by atoms with Crippen LogP contribution in [0.25, 0.3) is 0 Å². The second-order valence-electron chi connectivity index (χ2n) is 3.18. The van der Waals surface area contributed by atoms with Gasteiger partial charge in [0.1, 0.15) is 0 Å². The van der Waals surface area contributed by atoms with Gasteiger partial charge in [-0.3, -0.25) is 0 Å². The number of nitrogens with one attached hydrogen (secondary N) is 2. The van der Waals surface area contributed by atoms with Crippen molar-refractivity contribution in [2.24, 2.45) is 5.84 Å². The van der Waals surface area contributed by atoms with Crippen molar-refractivity contribution in [1.82, 2.24) is 10.7 Å². The Labute approximate surface area is 84.2 Å². The van der Waals surface area contributed by atoms with Gasteiger partial charge in [0.05, 0.1) is 6.10 Å². The summed E-state index contributed by atoms with van der Waals surface area (Å²) in [7, 11) is 0. The second kappa shape index (κ2) is 6.12. The molecule has 1 atom stereocenters. The zero-order chi connectivity index (χ0) is 9.52. The first-order valence-corrected chi connectivity index (χ1v) is 5.10. The zero-order valence-electron chi connectivity index (χ0n) is 7.71. The smallest absolute Gasteiger partial charge is 0.180 e. The lowest BCUT2D eigenvalue weighted by Crippen LogP contribution is -2.40. The summed E-state index contributed by atoms with van der Waals surface area (Å²) < 4.78 is 5.56. The molecule has 0 bridgehead atoms. The van der Waals surface area contributed by atoms with Crippen molar-refractivity contribution < 1.29 is 4.74 Å². The maximum absolute atomic E-state index is 5.56. The molecule has 0 aliphatic carbocycles. The van der Waals surface area contributed by atoms with Crippen LogP contribution in [0.4, 0.5) is 0 Å². The lowest BCUT2D eigenvalue weighted by atomic mass is 10.1. The Morgan fingerprint density at radius 2 is 2.38 bits per heavy atom. The van der Waals surface area contributed by atoms with E-state index in [-0.39, 0.29) is 0 Å². The average molecular weight is 203 g/mol. The molecule has 76 valence electrons. The Balaban J connectivity index is 2.01. The Morgan fingerprint density at radius 3 is 3.00 bits per heavy atom. The molecule has 1 aliphatic rings. The maximum atomic E-state index is 5.56. The predicted molar refractivity (Wildman–Crippen MR) is 56.1 cm³/mol. The minimum atomic E-state index is 0.404. The van der Waals surface area contributed by atoms with Gasteiger partial charge in [0.25, 0.3) is 0 Å². The summed E-state index contributed by atoms with van der Waals surface area (Å²) in [5.41, 5.74) is 2.38. The van der Waals surface area contributed by atoms with Gasteiger partial charge in [0.2, 0.25) is 0 Å². The van der Waals surface area contributed by atoms with E-state index in [1.807, 2.05) is 0 Å². The van der Waals surface area contributed by atoms with Crippen molar-refractivity contribution in [3.8, 4) is 0 Å².